The molecule has 1 aliphatic rings. The number of carboxylic acid groups (broad SMARTS) is 1. The topological polar surface area (TPSA) is 104 Å². The number of carboxylic acids is 1. The molecule has 1 aromatic carbocycles. The van der Waals surface area contributed by atoms with Crippen LogP contribution >= 0.6 is 0 Å². The largest absolute Gasteiger partial charge is 0.481 e. The summed E-state index contributed by atoms with van der Waals surface area (Å²) in [5, 5.41) is 11.4. The fourth-order valence-corrected chi connectivity index (χ4v) is 4.42. The third-order valence-electron chi connectivity index (χ3n) is 4.26. The highest BCUT2D eigenvalue weighted by atomic mass is 32.2. The number of amides is 1. The average molecular weight is 368 g/mol. The second-order valence-corrected chi connectivity index (χ2v) is 8.35. The van der Waals surface area contributed by atoms with E-state index in [4.69, 9.17) is 5.11 Å². The minimum Gasteiger partial charge on any atom is -0.481 e. The van der Waals surface area contributed by atoms with Crippen LogP contribution in [0.25, 0.3) is 0 Å². The summed E-state index contributed by atoms with van der Waals surface area (Å²) in [6, 6.07) is 3.94. The first-order valence-corrected chi connectivity index (χ1v) is 9.79. The van der Waals surface area contributed by atoms with Crippen LogP contribution in [0.3, 0.4) is 0 Å². The van der Waals surface area contributed by atoms with Gasteiger partial charge in [0.2, 0.25) is 10.0 Å². The van der Waals surface area contributed by atoms with Gasteiger partial charge in [-0.05, 0) is 44.4 Å². The quantitative estimate of drug-likeness (QED) is 0.796. The Kier molecular flexibility index (Phi) is 6.18. The third-order valence-corrected chi connectivity index (χ3v) is 6.16. The first kappa shape index (κ1) is 19.4. The summed E-state index contributed by atoms with van der Waals surface area (Å²) in [6.07, 6.45) is 2.50. The summed E-state index contributed by atoms with van der Waals surface area (Å²) < 4.78 is 27.0. The fraction of sp³-hybridized carbons (Fsp3) is 0.529. The molecule has 0 saturated carbocycles. The van der Waals surface area contributed by atoms with Crippen molar-refractivity contribution in [2.24, 2.45) is 0 Å². The van der Waals surface area contributed by atoms with Crippen LogP contribution in [0.1, 0.15) is 48.5 Å². The molecule has 8 heteroatoms. The van der Waals surface area contributed by atoms with Crippen molar-refractivity contribution in [3.05, 3.63) is 29.3 Å². The number of carbonyl (C=O) groups is 2. The summed E-state index contributed by atoms with van der Waals surface area (Å²) in [6.45, 7) is 4.30. The molecule has 0 bridgehead atoms. The number of benzene rings is 1. The van der Waals surface area contributed by atoms with Crippen LogP contribution < -0.4 is 5.32 Å². The molecule has 1 fully saturated rings. The predicted octanol–water partition coefficient (Wildman–Crippen LogP) is 1.76. The lowest BCUT2D eigenvalue weighted by atomic mass is 10.1. The molecule has 1 atom stereocenters. The summed E-state index contributed by atoms with van der Waals surface area (Å²) in [4.78, 5) is 23.2. The van der Waals surface area contributed by atoms with E-state index >= 15 is 0 Å². The van der Waals surface area contributed by atoms with Crippen molar-refractivity contribution in [2.75, 3.05) is 13.1 Å². The van der Waals surface area contributed by atoms with Crippen LogP contribution in [0, 0.1) is 6.92 Å². The van der Waals surface area contributed by atoms with Gasteiger partial charge in [-0.1, -0.05) is 12.5 Å². The number of hydrogen-bond donors (Lipinski definition) is 2. The second kappa shape index (κ2) is 7.97. The minimum atomic E-state index is -3.62. The van der Waals surface area contributed by atoms with Crippen LogP contribution in [0.2, 0.25) is 0 Å². The zero-order valence-electron chi connectivity index (χ0n) is 14.5. The Morgan fingerprint density at radius 1 is 1.24 bits per heavy atom. The first-order chi connectivity index (χ1) is 11.7. The number of carbonyl (C=O) groups excluding carboxylic acids is 1. The van der Waals surface area contributed by atoms with Crippen molar-refractivity contribution in [1.29, 1.82) is 0 Å². The van der Waals surface area contributed by atoms with E-state index in [-0.39, 0.29) is 16.9 Å². The lowest BCUT2D eigenvalue weighted by Crippen LogP contribution is -2.36. The van der Waals surface area contributed by atoms with Crippen molar-refractivity contribution < 1.29 is 23.1 Å². The molecule has 1 saturated heterocycles. The lowest BCUT2D eigenvalue weighted by molar-refractivity contribution is -0.137. The van der Waals surface area contributed by atoms with Gasteiger partial charge in [-0.25, -0.2) is 8.42 Å². The van der Waals surface area contributed by atoms with Gasteiger partial charge in [-0.2, -0.15) is 4.31 Å². The Hall–Kier alpha value is -1.93. The molecule has 1 unspecified atom stereocenters. The van der Waals surface area contributed by atoms with Gasteiger partial charge in [0.15, 0.2) is 0 Å². The van der Waals surface area contributed by atoms with E-state index < -0.39 is 27.9 Å². The molecule has 2 rings (SSSR count). The van der Waals surface area contributed by atoms with E-state index in [9.17, 15) is 18.0 Å². The van der Waals surface area contributed by atoms with Crippen molar-refractivity contribution in [3.63, 3.8) is 0 Å². The third kappa shape index (κ3) is 4.79. The summed E-state index contributed by atoms with van der Waals surface area (Å²) in [5.74, 6) is -1.48. The van der Waals surface area contributed by atoms with Gasteiger partial charge < -0.3 is 10.4 Å². The van der Waals surface area contributed by atoms with Crippen molar-refractivity contribution >= 4 is 21.9 Å². The monoisotopic (exact) mass is 368 g/mol. The minimum absolute atomic E-state index is 0.0936. The summed E-state index contributed by atoms with van der Waals surface area (Å²) in [5.41, 5.74) is 0.882. The molecule has 138 valence electrons. The first-order valence-electron chi connectivity index (χ1n) is 8.35. The summed E-state index contributed by atoms with van der Waals surface area (Å²) >= 11 is 0. The summed E-state index contributed by atoms with van der Waals surface area (Å²) in [7, 11) is -3.62. The normalized spacial score (nSPS) is 17.0. The SMILES string of the molecule is Cc1ccc(S(=O)(=O)N2CCCCC2)cc1C(=O)NC(C)CC(=O)O. The molecule has 7 nitrogen and oxygen atoms in total. The van der Waals surface area contributed by atoms with Crippen molar-refractivity contribution in [2.45, 2.75) is 50.5 Å². The maximum Gasteiger partial charge on any atom is 0.305 e. The van der Waals surface area contributed by atoms with Gasteiger partial charge >= 0.3 is 5.97 Å². The highest BCUT2D eigenvalue weighted by molar-refractivity contribution is 7.89. The Morgan fingerprint density at radius 2 is 1.88 bits per heavy atom. The number of nitrogens with zero attached hydrogens (tertiary/aromatic N) is 1. The molecule has 0 aromatic heterocycles. The standard InChI is InChI=1S/C17H24N2O5S/c1-12-6-7-14(25(23,24)19-8-4-3-5-9-19)11-15(12)17(22)18-13(2)10-16(20)21/h6-7,11,13H,3-5,8-10H2,1-2H3,(H,18,22)(H,20,21). The Bertz CT molecular complexity index is 754. The van der Waals surface area contributed by atoms with Crippen LogP contribution in [0.15, 0.2) is 23.1 Å². The van der Waals surface area contributed by atoms with Gasteiger partial charge in [0.1, 0.15) is 0 Å². The van der Waals surface area contributed by atoms with Gasteiger partial charge in [0.05, 0.1) is 11.3 Å². The van der Waals surface area contributed by atoms with Crippen LogP contribution in [0.4, 0.5) is 0 Å². The maximum atomic E-state index is 12.8. The predicted molar refractivity (Wildman–Crippen MR) is 93.0 cm³/mol. The van der Waals surface area contributed by atoms with Gasteiger partial charge in [0.25, 0.3) is 5.91 Å². The Morgan fingerprint density at radius 3 is 2.48 bits per heavy atom. The number of piperidine rings is 1. The zero-order valence-corrected chi connectivity index (χ0v) is 15.3. The van der Waals surface area contributed by atoms with E-state index in [1.54, 1.807) is 19.9 Å². The van der Waals surface area contributed by atoms with Crippen LogP contribution in [-0.4, -0.2) is 48.8 Å². The molecule has 1 amide bonds. The molecule has 0 spiro atoms. The van der Waals surface area contributed by atoms with Crippen molar-refractivity contribution in [3.8, 4) is 0 Å². The number of sulfonamides is 1. The van der Waals surface area contributed by atoms with Crippen LogP contribution in [-0.2, 0) is 14.8 Å². The maximum absolute atomic E-state index is 12.8. The smallest absolute Gasteiger partial charge is 0.305 e. The number of aliphatic carboxylic acids is 1. The second-order valence-electron chi connectivity index (χ2n) is 6.41. The molecule has 0 aliphatic carbocycles. The van der Waals surface area contributed by atoms with Crippen LogP contribution in [0.5, 0.6) is 0 Å². The zero-order chi connectivity index (χ0) is 18.6. The van der Waals surface area contributed by atoms with E-state index in [1.165, 1.54) is 16.4 Å². The molecular formula is C17H24N2O5S. The lowest BCUT2D eigenvalue weighted by Gasteiger charge is -2.26. The van der Waals surface area contributed by atoms with Gasteiger partial charge in [-0.15, -0.1) is 0 Å². The molecule has 25 heavy (non-hydrogen) atoms. The molecular weight excluding hydrogens is 344 g/mol. The van der Waals surface area contributed by atoms with Gasteiger partial charge in [-0.3, -0.25) is 9.59 Å². The van der Waals surface area contributed by atoms with E-state index in [2.05, 4.69) is 5.32 Å². The van der Waals surface area contributed by atoms with Gasteiger partial charge in [0, 0.05) is 24.7 Å². The van der Waals surface area contributed by atoms with E-state index in [0.717, 1.165) is 19.3 Å². The molecule has 1 aromatic rings. The van der Waals surface area contributed by atoms with E-state index in [1.807, 2.05) is 0 Å². The number of hydrogen-bond acceptors (Lipinski definition) is 4. The average Bonchev–Trinajstić information content (AvgIpc) is 2.54. The highest BCUT2D eigenvalue weighted by Gasteiger charge is 2.27. The number of rotatable bonds is 6. The Balaban J connectivity index is 2.24. The molecule has 1 aliphatic heterocycles. The Labute approximate surface area is 148 Å². The van der Waals surface area contributed by atoms with Crippen molar-refractivity contribution in [1.82, 2.24) is 9.62 Å². The molecule has 1 heterocycles. The van der Waals surface area contributed by atoms with E-state index in [0.29, 0.717) is 18.7 Å². The highest BCUT2D eigenvalue weighted by Crippen LogP contribution is 2.23. The molecule has 0 radical (unpaired) electrons. The molecule has 2 N–H and O–H groups in total. The number of nitrogens with one attached hydrogen (secondary N) is 1. The number of aryl methyl sites for hydroxylation is 1. The fourth-order valence-electron chi connectivity index (χ4n) is 2.88.